The number of likely N-dealkylation sites (tertiary alicyclic amines) is 1. The van der Waals surface area contributed by atoms with Gasteiger partial charge in [-0.2, -0.15) is 0 Å². The molecule has 0 unspecified atom stereocenters. The van der Waals surface area contributed by atoms with Crippen molar-refractivity contribution in [3.05, 3.63) is 51.3 Å². The van der Waals surface area contributed by atoms with E-state index in [0.29, 0.717) is 25.4 Å². The molecular weight excluding hydrogens is 306 g/mol. The predicted molar refractivity (Wildman–Crippen MR) is 87.8 cm³/mol. The summed E-state index contributed by atoms with van der Waals surface area (Å²) in [4.78, 5) is 26.8. The summed E-state index contributed by atoms with van der Waals surface area (Å²) in [7, 11) is 0. The highest BCUT2D eigenvalue weighted by atomic mass is 16.5. The van der Waals surface area contributed by atoms with Gasteiger partial charge >= 0.3 is 0 Å². The van der Waals surface area contributed by atoms with Gasteiger partial charge in [0.15, 0.2) is 0 Å². The van der Waals surface area contributed by atoms with Gasteiger partial charge in [0.1, 0.15) is 5.76 Å². The number of pyridine rings is 1. The van der Waals surface area contributed by atoms with Crippen LogP contribution in [0.1, 0.15) is 35.1 Å². The average molecular weight is 327 g/mol. The SMILES string of the molecule is Cc1noc(C)c1CC(=O)N1C[C@H]2C[C@@H](C1)c1cccc(=O)n1C2. The van der Waals surface area contributed by atoms with Crippen LogP contribution >= 0.6 is 0 Å². The number of aryl methyl sites for hydroxylation is 2. The Kier molecular flexibility index (Phi) is 3.55. The summed E-state index contributed by atoms with van der Waals surface area (Å²) in [5.74, 6) is 1.44. The van der Waals surface area contributed by atoms with Crippen molar-refractivity contribution >= 4 is 5.91 Å². The smallest absolute Gasteiger partial charge is 0.250 e. The van der Waals surface area contributed by atoms with E-state index in [1.54, 1.807) is 6.07 Å². The van der Waals surface area contributed by atoms with Crippen molar-refractivity contribution in [1.29, 1.82) is 0 Å². The maximum atomic E-state index is 12.8. The Bertz CT molecular complexity index is 832. The van der Waals surface area contributed by atoms with Crippen molar-refractivity contribution in [2.24, 2.45) is 5.92 Å². The lowest BCUT2D eigenvalue weighted by molar-refractivity contribution is -0.133. The number of fused-ring (bicyclic) bond motifs is 4. The summed E-state index contributed by atoms with van der Waals surface area (Å²) >= 11 is 0. The highest BCUT2D eigenvalue weighted by Crippen LogP contribution is 2.35. The van der Waals surface area contributed by atoms with Crippen LogP contribution in [0.2, 0.25) is 0 Å². The molecule has 2 aliphatic heterocycles. The molecule has 0 aliphatic carbocycles. The molecule has 0 spiro atoms. The molecule has 1 fully saturated rings. The summed E-state index contributed by atoms with van der Waals surface area (Å²) in [6.07, 6.45) is 1.39. The van der Waals surface area contributed by atoms with Crippen LogP contribution in [0.4, 0.5) is 0 Å². The zero-order chi connectivity index (χ0) is 16.8. The van der Waals surface area contributed by atoms with Gasteiger partial charge in [0.05, 0.1) is 12.1 Å². The summed E-state index contributed by atoms with van der Waals surface area (Å²) < 4.78 is 7.04. The van der Waals surface area contributed by atoms with Gasteiger partial charge in [-0.15, -0.1) is 0 Å². The molecule has 2 bridgehead atoms. The molecule has 0 radical (unpaired) electrons. The normalized spacial score (nSPS) is 22.3. The second-order valence-electron chi connectivity index (χ2n) is 6.98. The van der Waals surface area contributed by atoms with Crippen molar-refractivity contribution in [2.75, 3.05) is 13.1 Å². The molecule has 1 saturated heterocycles. The Balaban J connectivity index is 1.56. The Labute approximate surface area is 140 Å². The molecule has 2 aromatic heterocycles. The van der Waals surface area contributed by atoms with Crippen molar-refractivity contribution in [1.82, 2.24) is 14.6 Å². The molecule has 2 atom stereocenters. The fourth-order valence-electron chi connectivity index (χ4n) is 4.12. The number of amides is 1. The molecule has 1 amide bonds. The van der Waals surface area contributed by atoms with Gasteiger partial charge in [-0.1, -0.05) is 11.2 Å². The topological polar surface area (TPSA) is 68.3 Å². The van der Waals surface area contributed by atoms with E-state index in [1.165, 1.54) is 0 Å². The number of aromatic nitrogens is 2. The van der Waals surface area contributed by atoms with Crippen LogP contribution in [0.15, 0.2) is 27.5 Å². The van der Waals surface area contributed by atoms with E-state index in [4.69, 9.17) is 4.52 Å². The Morgan fingerprint density at radius 1 is 1.29 bits per heavy atom. The molecule has 0 N–H and O–H groups in total. The molecule has 2 aromatic rings. The van der Waals surface area contributed by atoms with Crippen LogP contribution in [-0.2, 0) is 17.8 Å². The van der Waals surface area contributed by atoms with Gasteiger partial charge in [-0.25, -0.2) is 0 Å². The quantitative estimate of drug-likeness (QED) is 0.841. The van der Waals surface area contributed by atoms with Crippen LogP contribution in [0, 0.1) is 19.8 Å². The lowest BCUT2D eigenvalue weighted by Crippen LogP contribution is -2.49. The number of carbonyl (C=O) groups excluding carboxylic acids is 1. The third-order valence-electron chi connectivity index (χ3n) is 5.34. The predicted octanol–water partition coefficient (Wildman–Crippen LogP) is 1.64. The first kappa shape index (κ1) is 15.2. The van der Waals surface area contributed by atoms with E-state index in [-0.39, 0.29) is 17.4 Å². The largest absolute Gasteiger partial charge is 0.361 e. The fourth-order valence-corrected chi connectivity index (χ4v) is 4.12. The fraction of sp³-hybridized carbons (Fsp3) is 0.500. The molecule has 0 saturated carbocycles. The third kappa shape index (κ3) is 2.46. The highest BCUT2D eigenvalue weighted by molar-refractivity contribution is 5.79. The Morgan fingerprint density at radius 3 is 2.88 bits per heavy atom. The minimum Gasteiger partial charge on any atom is -0.361 e. The lowest BCUT2D eigenvalue weighted by atomic mass is 9.83. The van der Waals surface area contributed by atoms with Crippen LogP contribution in [0.3, 0.4) is 0 Å². The van der Waals surface area contributed by atoms with Gasteiger partial charge in [0.2, 0.25) is 5.91 Å². The number of rotatable bonds is 2. The van der Waals surface area contributed by atoms with E-state index < -0.39 is 0 Å². The molecule has 6 heteroatoms. The van der Waals surface area contributed by atoms with Crippen molar-refractivity contribution < 1.29 is 9.32 Å². The van der Waals surface area contributed by atoms with E-state index in [9.17, 15) is 9.59 Å². The summed E-state index contributed by atoms with van der Waals surface area (Å²) in [5.41, 5.74) is 2.81. The number of nitrogens with zero attached hydrogens (tertiary/aromatic N) is 3. The van der Waals surface area contributed by atoms with Gasteiger partial charge in [0, 0.05) is 42.9 Å². The monoisotopic (exact) mass is 327 g/mol. The first-order valence-electron chi connectivity index (χ1n) is 8.42. The van der Waals surface area contributed by atoms with Gasteiger partial charge in [-0.3, -0.25) is 9.59 Å². The molecule has 4 rings (SSSR count). The Hall–Kier alpha value is -2.37. The molecule has 0 aromatic carbocycles. The van der Waals surface area contributed by atoms with Crippen molar-refractivity contribution in [3.63, 3.8) is 0 Å². The van der Waals surface area contributed by atoms with Gasteiger partial charge in [0.25, 0.3) is 5.56 Å². The second kappa shape index (κ2) is 5.61. The van der Waals surface area contributed by atoms with Crippen LogP contribution in [0.25, 0.3) is 0 Å². The van der Waals surface area contributed by atoms with Gasteiger partial charge in [-0.05, 0) is 32.3 Å². The number of hydrogen-bond donors (Lipinski definition) is 0. The zero-order valence-corrected chi connectivity index (χ0v) is 14.0. The molecule has 6 nitrogen and oxygen atoms in total. The van der Waals surface area contributed by atoms with E-state index in [1.807, 2.05) is 35.4 Å². The summed E-state index contributed by atoms with van der Waals surface area (Å²) in [5, 5.41) is 3.93. The van der Waals surface area contributed by atoms with Crippen LogP contribution in [-0.4, -0.2) is 33.6 Å². The highest BCUT2D eigenvalue weighted by Gasteiger charge is 2.36. The molecular formula is C18H21N3O3. The maximum absolute atomic E-state index is 12.8. The maximum Gasteiger partial charge on any atom is 0.250 e. The van der Waals surface area contributed by atoms with Crippen LogP contribution < -0.4 is 5.56 Å². The number of hydrogen-bond acceptors (Lipinski definition) is 4. The minimum absolute atomic E-state index is 0.0673. The number of piperidine rings is 1. The zero-order valence-electron chi connectivity index (χ0n) is 14.0. The first-order valence-corrected chi connectivity index (χ1v) is 8.42. The third-order valence-corrected chi connectivity index (χ3v) is 5.34. The van der Waals surface area contributed by atoms with E-state index in [2.05, 4.69) is 5.16 Å². The molecule has 24 heavy (non-hydrogen) atoms. The average Bonchev–Trinajstić information content (AvgIpc) is 2.87. The standard InChI is InChI=1S/C18H21N3O3/c1-11-15(12(2)24-19-11)7-18(23)20-8-13-6-14(10-20)16-4-3-5-17(22)21(16)9-13/h3-5,13-14H,6-10H2,1-2H3/t13-,14+/m1/s1. The van der Waals surface area contributed by atoms with Crippen molar-refractivity contribution in [3.8, 4) is 0 Å². The van der Waals surface area contributed by atoms with Crippen molar-refractivity contribution in [2.45, 2.75) is 39.2 Å². The molecule has 4 heterocycles. The number of carbonyl (C=O) groups is 1. The second-order valence-corrected chi connectivity index (χ2v) is 6.98. The van der Waals surface area contributed by atoms with E-state index in [0.717, 1.165) is 35.7 Å². The lowest BCUT2D eigenvalue weighted by Gasteiger charge is -2.42. The molecule has 2 aliphatic rings. The van der Waals surface area contributed by atoms with Crippen LogP contribution in [0.5, 0.6) is 0 Å². The first-order chi connectivity index (χ1) is 11.5. The minimum atomic E-state index is 0.0673. The molecule has 126 valence electrons. The Morgan fingerprint density at radius 2 is 2.12 bits per heavy atom. The summed E-state index contributed by atoms with van der Waals surface area (Å²) in [6, 6.07) is 5.45. The van der Waals surface area contributed by atoms with E-state index >= 15 is 0 Å². The van der Waals surface area contributed by atoms with Gasteiger partial charge < -0.3 is 14.0 Å². The summed E-state index contributed by atoms with van der Waals surface area (Å²) in [6.45, 7) is 5.82.